The molecule has 0 amide bonds. The summed E-state index contributed by atoms with van der Waals surface area (Å²) in [6.07, 6.45) is 10.5. The van der Waals surface area contributed by atoms with Crippen LogP contribution in [0.4, 0.5) is 5.95 Å². The molecule has 1 saturated carbocycles. The van der Waals surface area contributed by atoms with Gasteiger partial charge in [0.15, 0.2) is 0 Å². The fourth-order valence-electron chi connectivity index (χ4n) is 6.11. The minimum absolute atomic E-state index is 0.226. The molecule has 0 bridgehead atoms. The number of piperidine rings is 1. The summed E-state index contributed by atoms with van der Waals surface area (Å²) in [6, 6.07) is 20.5. The zero-order chi connectivity index (χ0) is 21.3. The van der Waals surface area contributed by atoms with Crippen LogP contribution in [0.15, 0.2) is 54.6 Å². The van der Waals surface area contributed by atoms with Crippen molar-refractivity contribution in [2.24, 2.45) is 0 Å². The van der Waals surface area contributed by atoms with Gasteiger partial charge in [-0.05, 0) is 43.4 Å². The lowest BCUT2D eigenvalue weighted by atomic mass is 9.79. The minimum atomic E-state index is 0.226. The molecule has 5 rings (SSSR count). The van der Waals surface area contributed by atoms with E-state index in [-0.39, 0.29) is 5.54 Å². The summed E-state index contributed by atoms with van der Waals surface area (Å²) >= 11 is 0. The largest absolute Gasteiger partial charge is 0.348 e. The number of nitrogens with zero attached hydrogens (tertiary/aromatic N) is 4. The Bertz CT molecular complexity index is 991. The maximum Gasteiger partial charge on any atom is 0.206 e. The van der Waals surface area contributed by atoms with Crippen LogP contribution in [0.25, 0.3) is 11.0 Å². The minimum Gasteiger partial charge on any atom is -0.348 e. The second-order valence-corrected chi connectivity index (χ2v) is 9.69. The van der Waals surface area contributed by atoms with Crippen LogP contribution >= 0.6 is 0 Å². The maximum atomic E-state index is 4.95. The molecule has 1 saturated heterocycles. The van der Waals surface area contributed by atoms with Crippen molar-refractivity contribution in [2.45, 2.75) is 62.9 Å². The van der Waals surface area contributed by atoms with Gasteiger partial charge in [0.1, 0.15) is 0 Å². The first-order chi connectivity index (χ1) is 15.2. The second kappa shape index (κ2) is 8.66. The second-order valence-electron chi connectivity index (χ2n) is 9.69. The van der Waals surface area contributed by atoms with Crippen molar-refractivity contribution >= 4 is 17.0 Å². The van der Waals surface area contributed by atoms with Crippen LogP contribution in [-0.4, -0.2) is 41.6 Å². The van der Waals surface area contributed by atoms with Crippen LogP contribution in [0.2, 0.25) is 0 Å². The molecule has 2 fully saturated rings. The number of para-hydroxylation sites is 2. The van der Waals surface area contributed by atoms with Crippen LogP contribution in [0.5, 0.6) is 0 Å². The van der Waals surface area contributed by atoms with Crippen LogP contribution < -0.4 is 4.90 Å². The van der Waals surface area contributed by atoms with E-state index in [0.29, 0.717) is 6.04 Å². The van der Waals surface area contributed by atoms with Crippen molar-refractivity contribution in [3.05, 3.63) is 60.2 Å². The van der Waals surface area contributed by atoms with Gasteiger partial charge >= 0.3 is 0 Å². The van der Waals surface area contributed by atoms with Crippen LogP contribution in [-0.2, 0) is 5.54 Å². The Morgan fingerprint density at radius 1 is 0.839 bits per heavy atom. The summed E-state index contributed by atoms with van der Waals surface area (Å²) in [5.74, 6) is 1.09. The van der Waals surface area contributed by atoms with Crippen molar-refractivity contribution in [3.63, 3.8) is 0 Å². The van der Waals surface area contributed by atoms with Gasteiger partial charge in [-0.15, -0.1) is 0 Å². The molecule has 1 aliphatic heterocycles. The van der Waals surface area contributed by atoms with Crippen LogP contribution in [0, 0.1) is 0 Å². The predicted octanol–water partition coefficient (Wildman–Crippen LogP) is 5.99. The van der Waals surface area contributed by atoms with E-state index in [0.717, 1.165) is 11.5 Å². The zero-order valence-electron chi connectivity index (χ0n) is 19.1. The van der Waals surface area contributed by atoms with Crippen LogP contribution in [0.3, 0.4) is 0 Å². The molecule has 2 heterocycles. The van der Waals surface area contributed by atoms with Gasteiger partial charge in [0, 0.05) is 38.8 Å². The lowest BCUT2D eigenvalue weighted by Gasteiger charge is -2.48. The van der Waals surface area contributed by atoms with Gasteiger partial charge in [0.25, 0.3) is 0 Å². The predicted molar refractivity (Wildman–Crippen MR) is 130 cm³/mol. The Morgan fingerprint density at radius 3 is 2.16 bits per heavy atom. The number of aromatic nitrogens is 2. The quantitative estimate of drug-likeness (QED) is 0.488. The van der Waals surface area contributed by atoms with Gasteiger partial charge in [-0.2, -0.15) is 0 Å². The van der Waals surface area contributed by atoms with E-state index in [2.05, 4.69) is 83.1 Å². The molecule has 0 atom stereocenters. The average Bonchev–Trinajstić information content (AvgIpc) is 3.03. The molecule has 1 aromatic heterocycles. The first-order valence-electron chi connectivity index (χ1n) is 12.1. The van der Waals surface area contributed by atoms with Gasteiger partial charge in [0.05, 0.1) is 11.0 Å². The van der Waals surface area contributed by atoms with Gasteiger partial charge in [-0.25, -0.2) is 4.98 Å². The fraction of sp³-hybridized carbons (Fsp3) is 0.519. The SMILES string of the molecule is CN(C)c1nc2ccccc2n1C1CCN(C2(c3ccccc3)CCCCCC2)CC1. The van der Waals surface area contributed by atoms with Gasteiger partial charge in [-0.1, -0.05) is 68.1 Å². The van der Waals surface area contributed by atoms with Crippen molar-refractivity contribution < 1.29 is 0 Å². The molecule has 0 spiro atoms. The van der Waals surface area contributed by atoms with Crippen molar-refractivity contribution in [3.8, 4) is 0 Å². The van der Waals surface area contributed by atoms with Gasteiger partial charge in [-0.3, -0.25) is 4.90 Å². The molecule has 0 unspecified atom stereocenters. The normalized spacial score (nSPS) is 20.6. The van der Waals surface area contributed by atoms with E-state index in [1.54, 1.807) is 0 Å². The number of benzene rings is 2. The molecule has 0 N–H and O–H groups in total. The zero-order valence-corrected chi connectivity index (χ0v) is 19.1. The standard InChI is InChI=1S/C27H36N4/c1-29(2)26-28-24-14-8-9-15-25(24)31(26)23-16-20-30(21-17-23)27(18-10-3-4-11-19-27)22-12-6-5-7-13-22/h5-9,12-15,23H,3-4,10-11,16-21H2,1-2H3. The van der Waals surface area contributed by atoms with Crippen molar-refractivity contribution in [1.82, 2.24) is 14.5 Å². The number of anilines is 1. The summed E-state index contributed by atoms with van der Waals surface area (Å²) in [4.78, 5) is 9.96. The Morgan fingerprint density at radius 2 is 1.48 bits per heavy atom. The third-order valence-electron chi connectivity index (χ3n) is 7.65. The van der Waals surface area contributed by atoms with Gasteiger partial charge in [0.2, 0.25) is 5.95 Å². The summed E-state index contributed by atoms with van der Waals surface area (Å²) in [5.41, 5.74) is 4.15. The Labute approximate surface area is 186 Å². The van der Waals surface area contributed by atoms with E-state index < -0.39 is 0 Å². The smallest absolute Gasteiger partial charge is 0.206 e. The summed E-state index contributed by atoms with van der Waals surface area (Å²) in [6.45, 7) is 2.33. The van der Waals surface area contributed by atoms with E-state index in [1.807, 2.05) is 0 Å². The highest BCUT2D eigenvalue weighted by molar-refractivity contribution is 5.79. The molecular formula is C27H36N4. The summed E-state index contributed by atoms with van der Waals surface area (Å²) in [5, 5.41) is 0. The Balaban J connectivity index is 1.43. The maximum absolute atomic E-state index is 4.95. The third-order valence-corrected chi connectivity index (χ3v) is 7.65. The van der Waals surface area contributed by atoms with Gasteiger partial charge < -0.3 is 9.47 Å². The highest BCUT2D eigenvalue weighted by Crippen LogP contribution is 2.44. The molecule has 3 aromatic rings. The van der Waals surface area contributed by atoms with E-state index in [1.165, 1.54) is 75.5 Å². The average molecular weight is 417 g/mol. The molecule has 4 nitrogen and oxygen atoms in total. The molecule has 31 heavy (non-hydrogen) atoms. The fourth-order valence-corrected chi connectivity index (χ4v) is 6.11. The topological polar surface area (TPSA) is 24.3 Å². The molecule has 2 aliphatic rings. The lowest BCUT2D eigenvalue weighted by Crippen LogP contribution is -2.50. The number of rotatable bonds is 4. The number of fused-ring (bicyclic) bond motifs is 1. The molecular weight excluding hydrogens is 380 g/mol. The number of imidazole rings is 1. The lowest BCUT2D eigenvalue weighted by molar-refractivity contribution is 0.0361. The van der Waals surface area contributed by atoms with E-state index in [4.69, 9.17) is 4.98 Å². The number of likely N-dealkylation sites (tertiary alicyclic amines) is 1. The molecule has 4 heteroatoms. The first-order valence-corrected chi connectivity index (χ1v) is 12.1. The highest BCUT2D eigenvalue weighted by Gasteiger charge is 2.40. The number of hydrogen-bond acceptors (Lipinski definition) is 3. The molecule has 1 aliphatic carbocycles. The van der Waals surface area contributed by atoms with Crippen molar-refractivity contribution in [1.29, 1.82) is 0 Å². The summed E-state index contributed by atoms with van der Waals surface area (Å²) in [7, 11) is 4.23. The van der Waals surface area contributed by atoms with Crippen LogP contribution in [0.1, 0.15) is 63.0 Å². The monoisotopic (exact) mass is 416 g/mol. The Hall–Kier alpha value is -2.33. The molecule has 2 aromatic carbocycles. The van der Waals surface area contributed by atoms with Crippen molar-refractivity contribution in [2.75, 3.05) is 32.1 Å². The first kappa shape index (κ1) is 20.6. The van der Waals surface area contributed by atoms with E-state index >= 15 is 0 Å². The third kappa shape index (κ3) is 3.76. The molecule has 0 radical (unpaired) electrons. The summed E-state index contributed by atoms with van der Waals surface area (Å²) < 4.78 is 2.51. The number of hydrogen-bond donors (Lipinski definition) is 0. The molecule has 164 valence electrons. The Kier molecular flexibility index (Phi) is 5.75. The van der Waals surface area contributed by atoms with E-state index in [9.17, 15) is 0 Å². The highest BCUT2D eigenvalue weighted by atomic mass is 15.3.